The number of urea groups is 1. The van der Waals surface area contributed by atoms with E-state index in [0.717, 1.165) is 0 Å². The van der Waals surface area contributed by atoms with E-state index in [-0.39, 0.29) is 29.2 Å². The monoisotopic (exact) mass is 306 g/mol. The highest BCUT2D eigenvalue weighted by Crippen LogP contribution is 2.16. The molecule has 0 saturated heterocycles. The molecule has 19 heavy (non-hydrogen) atoms. The normalized spacial score (nSPS) is 11.1. The van der Waals surface area contributed by atoms with E-state index in [2.05, 4.69) is 15.0 Å². The summed E-state index contributed by atoms with van der Waals surface area (Å²) in [6.07, 6.45) is 1.40. The topological polar surface area (TPSA) is 91.4 Å². The van der Waals surface area contributed by atoms with Crippen molar-refractivity contribution in [3.05, 3.63) is 23.5 Å². The maximum atomic E-state index is 11.9. The van der Waals surface area contributed by atoms with Gasteiger partial charge in [0, 0.05) is 33.4 Å². The van der Waals surface area contributed by atoms with E-state index in [1.54, 1.807) is 14.1 Å². The van der Waals surface area contributed by atoms with Crippen LogP contribution in [0.4, 0.5) is 4.79 Å². The zero-order chi connectivity index (χ0) is 14.5. The Bertz CT molecular complexity index is 547. The first kappa shape index (κ1) is 15.7. The van der Waals surface area contributed by atoms with E-state index in [1.807, 2.05) is 0 Å². The zero-order valence-corrected chi connectivity index (χ0v) is 12.1. The molecule has 7 nitrogen and oxygen atoms in total. The predicted octanol–water partition coefficient (Wildman–Crippen LogP) is 0.285. The predicted molar refractivity (Wildman–Crippen MR) is 71.5 cm³/mol. The molecule has 0 saturated carbocycles. The third-order valence-corrected chi connectivity index (χ3v) is 4.02. The molecule has 0 radical (unpaired) electrons. The van der Waals surface area contributed by atoms with Gasteiger partial charge in [-0.1, -0.05) is 11.6 Å². The van der Waals surface area contributed by atoms with Gasteiger partial charge in [-0.15, -0.1) is 0 Å². The van der Waals surface area contributed by atoms with E-state index in [1.165, 1.54) is 23.2 Å². The summed E-state index contributed by atoms with van der Waals surface area (Å²) in [5.74, 6) is 0. The first-order chi connectivity index (χ1) is 8.84. The zero-order valence-electron chi connectivity index (χ0n) is 10.6. The highest BCUT2D eigenvalue weighted by molar-refractivity contribution is 7.89. The van der Waals surface area contributed by atoms with Crippen LogP contribution in [0.2, 0.25) is 5.15 Å². The van der Waals surface area contributed by atoms with Crippen LogP contribution in [-0.4, -0.2) is 51.5 Å². The minimum Gasteiger partial charge on any atom is -0.337 e. The molecule has 1 rings (SSSR count). The lowest BCUT2D eigenvalue weighted by Gasteiger charge is -2.12. The fourth-order valence-electron chi connectivity index (χ4n) is 1.16. The van der Waals surface area contributed by atoms with Crippen LogP contribution in [0.15, 0.2) is 23.2 Å². The molecule has 0 bridgehead atoms. The summed E-state index contributed by atoms with van der Waals surface area (Å²) in [4.78, 5) is 16.2. The van der Waals surface area contributed by atoms with Gasteiger partial charge in [-0.2, -0.15) is 0 Å². The van der Waals surface area contributed by atoms with E-state index >= 15 is 0 Å². The summed E-state index contributed by atoms with van der Waals surface area (Å²) in [5.41, 5.74) is 0. The van der Waals surface area contributed by atoms with E-state index in [0.29, 0.717) is 0 Å². The van der Waals surface area contributed by atoms with Crippen molar-refractivity contribution in [1.82, 2.24) is 19.9 Å². The third kappa shape index (κ3) is 4.66. The van der Waals surface area contributed by atoms with Crippen molar-refractivity contribution in [3.8, 4) is 0 Å². The molecular weight excluding hydrogens is 292 g/mol. The Morgan fingerprint density at radius 1 is 1.42 bits per heavy atom. The number of pyridine rings is 1. The van der Waals surface area contributed by atoms with Crippen molar-refractivity contribution >= 4 is 27.7 Å². The van der Waals surface area contributed by atoms with Gasteiger partial charge in [-0.3, -0.25) is 0 Å². The number of carbonyl (C=O) groups is 1. The SMILES string of the molecule is CN(C)C(=O)NCCNS(=O)(=O)c1cccnc1Cl. The summed E-state index contributed by atoms with van der Waals surface area (Å²) >= 11 is 5.71. The lowest BCUT2D eigenvalue weighted by Crippen LogP contribution is -2.39. The third-order valence-electron chi connectivity index (χ3n) is 2.11. The molecule has 106 valence electrons. The summed E-state index contributed by atoms with van der Waals surface area (Å²) in [7, 11) is -0.534. The number of hydrogen-bond acceptors (Lipinski definition) is 4. The smallest absolute Gasteiger partial charge is 0.316 e. The van der Waals surface area contributed by atoms with Gasteiger partial charge in [-0.05, 0) is 12.1 Å². The van der Waals surface area contributed by atoms with Crippen LogP contribution >= 0.6 is 11.6 Å². The molecule has 0 aliphatic carbocycles. The highest BCUT2D eigenvalue weighted by atomic mass is 35.5. The van der Waals surface area contributed by atoms with Gasteiger partial charge in [-0.25, -0.2) is 22.9 Å². The molecule has 2 amide bonds. The Morgan fingerprint density at radius 3 is 2.68 bits per heavy atom. The van der Waals surface area contributed by atoms with Crippen LogP contribution in [0.25, 0.3) is 0 Å². The maximum absolute atomic E-state index is 11.9. The van der Waals surface area contributed by atoms with Gasteiger partial charge in [0.1, 0.15) is 10.0 Å². The second-order valence-corrected chi connectivity index (χ2v) is 5.91. The summed E-state index contributed by atoms with van der Waals surface area (Å²) in [5, 5.41) is 2.44. The first-order valence-electron chi connectivity index (χ1n) is 5.40. The Labute approximate surface area is 117 Å². The van der Waals surface area contributed by atoms with Crippen LogP contribution in [0, 0.1) is 0 Å². The van der Waals surface area contributed by atoms with Crippen LogP contribution in [-0.2, 0) is 10.0 Å². The largest absolute Gasteiger partial charge is 0.337 e. The standard InChI is InChI=1S/C10H15ClN4O3S/c1-15(2)10(16)13-6-7-14-19(17,18)8-4-3-5-12-9(8)11/h3-5,14H,6-7H2,1-2H3,(H,13,16). The van der Waals surface area contributed by atoms with Gasteiger partial charge in [0.15, 0.2) is 0 Å². The second-order valence-electron chi connectivity index (χ2n) is 3.82. The van der Waals surface area contributed by atoms with E-state index < -0.39 is 10.0 Å². The van der Waals surface area contributed by atoms with Crippen molar-refractivity contribution < 1.29 is 13.2 Å². The number of nitrogens with one attached hydrogen (secondary N) is 2. The molecule has 0 aromatic carbocycles. The van der Waals surface area contributed by atoms with E-state index in [4.69, 9.17) is 11.6 Å². The van der Waals surface area contributed by atoms with Gasteiger partial charge >= 0.3 is 6.03 Å². The minimum atomic E-state index is -3.72. The molecule has 0 unspecified atom stereocenters. The van der Waals surface area contributed by atoms with Crippen LogP contribution in [0.3, 0.4) is 0 Å². The van der Waals surface area contributed by atoms with Crippen molar-refractivity contribution in [2.75, 3.05) is 27.2 Å². The van der Waals surface area contributed by atoms with Crippen molar-refractivity contribution in [2.24, 2.45) is 0 Å². The average molecular weight is 307 g/mol. The van der Waals surface area contributed by atoms with Gasteiger partial charge in [0.25, 0.3) is 0 Å². The number of sulfonamides is 1. The Morgan fingerprint density at radius 2 is 2.11 bits per heavy atom. The number of halogens is 1. The lowest BCUT2D eigenvalue weighted by atomic mass is 10.5. The summed E-state index contributed by atoms with van der Waals surface area (Å²) in [6.45, 7) is 0.237. The molecule has 2 N–H and O–H groups in total. The van der Waals surface area contributed by atoms with Crippen LogP contribution in [0.1, 0.15) is 0 Å². The van der Waals surface area contributed by atoms with Gasteiger partial charge < -0.3 is 10.2 Å². The maximum Gasteiger partial charge on any atom is 0.316 e. The fourth-order valence-corrected chi connectivity index (χ4v) is 2.64. The molecule has 0 fully saturated rings. The van der Waals surface area contributed by atoms with Crippen molar-refractivity contribution in [1.29, 1.82) is 0 Å². The summed E-state index contributed by atoms with van der Waals surface area (Å²) in [6, 6.07) is 2.54. The van der Waals surface area contributed by atoms with Crippen LogP contribution < -0.4 is 10.0 Å². The number of hydrogen-bond donors (Lipinski definition) is 2. The Kier molecular flexibility index (Phi) is 5.52. The lowest BCUT2D eigenvalue weighted by molar-refractivity contribution is 0.217. The fraction of sp³-hybridized carbons (Fsp3) is 0.400. The Hall–Kier alpha value is -1.38. The first-order valence-corrected chi connectivity index (χ1v) is 7.26. The molecule has 0 aliphatic rings. The average Bonchev–Trinajstić information content (AvgIpc) is 2.34. The van der Waals surface area contributed by atoms with Crippen LogP contribution in [0.5, 0.6) is 0 Å². The molecule has 1 aromatic heterocycles. The molecule has 1 aromatic rings. The van der Waals surface area contributed by atoms with Crippen molar-refractivity contribution in [3.63, 3.8) is 0 Å². The molecular formula is C10H15ClN4O3S. The van der Waals surface area contributed by atoms with E-state index in [9.17, 15) is 13.2 Å². The highest BCUT2D eigenvalue weighted by Gasteiger charge is 2.17. The van der Waals surface area contributed by atoms with Gasteiger partial charge in [0.2, 0.25) is 10.0 Å². The number of carbonyl (C=O) groups excluding carboxylic acids is 1. The number of nitrogens with zero attached hydrogens (tertiary/aromatic N) is 2. The molecule has 1 heterocycles. The molecule has 0 aliphatic heterocycles. The van der Waals surface area contributed by atoms with Gasteiger partial charge in [0.05, 0.1) is 0 Å². The quantitative estimate of drug-likeness (QED) is 0.604. The number of amides is 2. The molecule has 0 atom stereocenters. The molecule has 9 heteroatoms. The van der Waals surface area contributed by atoms with Crippen molar-refractivity contribution in [2.45, 2.75) is 4.90 Å². The summed E-state index contributed by atoms with van der Waals surface area (Å²) < 4.78 is 26.1. The Balaban J connectivity index is 2.53. The molecule has 0 spiro atoms. The second kappa shape index (κ2) is 6.69. The minimum absolute atomic E-state index is 0.0626. The number of aromatic nitrogens is 1. The number of rotatable bonds is 5.